The molecule has 1 saturated heterocycles. The van der Waals surface area contributed by atoms with Gasteiger partial charge in [0.05, 0.1) is 6.04 Å². The van der Waals surface area contributed by atoms with Gasteiger partial charge in [-0.2, -0.15) is 0 Å². The van der Waals surface area contributed by atoms with E-state index in [0.29, 0.717) is 11.7 Å². The van der Waals surface area contributed by atoms with Crippen molar-refractivity contribution in [3.63, 3.8) is 0 Å². The zero-order valence-corrected chi connectivity index (χ0v) is 17.2. The summed E-state index contributed by atoms with van der Waals surface area (Å²) in [4.78, 5) is 14.8. The first kappa shape index (κ1) is 17.8. The van der Waals surface area contributed by atoms with Crippen molar-refractivity contribution in [2.75, 3.05) is 18.4 Å². The summed E-state index contributed by atoms with van der Waals surface area (Å²) in [5, 5.41) is 14.1. The molecule has 5 rings (SSSR count). The highest BCUT2D eigenvalue weighted by Gasteiger charge is 2.39. The fourth-order valence-corrected chi connectivity index (χ4v) is 5.29. The predicted molar refractivity (Wildman–Crippen MR) is 114 cm³/mol. The summed E-state index contributed by atoms with van der Waals surface area (Å²) >= 11 is 3.53. The van der Waals surface area contributed by atoms with Crippen LogP contribution in [0.1, 0.15) is 52.7 Å². The van der Waals surface area contributed by atoms with Crippen LogP contribution >= 0.6 is 15.9 Å². The van der Waals surface area contributed by atoms with Crippen molar-refractivity contribution in [1.82, 2.24) is 4.90 Å². The summed E-state index contributed by atoms with van der Waals surface area (Å²) in [7, 11) is 0. The van der Waals surface area contributed by atoms with Crippen LogP contribution in [0.4, 0.5) is 5.69 Å². The van der Waals surface area contributed by atoms with Gasteiger partial charge in [-0.25, -0.2) is 0 Å². The molecular weight excluding hydrogens is 416 g/mol. The van der Waals surface area contributed by atoms with Crippen molar-refractivity contribution in [2.45, 2.75) is 31.2 Å². The Kier molecular flexibility index (Phi) is 4.43. The number of nitrogens with one attached hydrogen (secondary N) is 1. The van der Waals surface area contributed by atoms with Gasteiger partial charge in [-0.1, -0.05) is 28.1 Å². The third-order valence-electron chi connectivity index (χ3n) is 6.33. The smallest absolute Gasteiger partial charge is 0.253 e. The molecule has 1 amide bonds. The maximum Gasteiger partial charge on any atom is 0.253 e. The van der Waals surface area contributed by atoms with Gasteiger partial charge < -0.3 is 15.3 Å². The van der Waals surface area contributed by atoms with Crippen molar-refractivity contribution in [3.8, 4) is 5.75 Å². The molecule has 5 heteroatoms. The summed E-state index contributed by atoms with van der Waals surface area (Å²) in [6.45, 7) is 1.73. The van der Waals surface area contributed by atoms with Crippen LogP contribution in [-0.2, 0) is 0 Å². The number of nitrogens with zero attached hydrogens (tertiary/aromatic N) is 1. The van der Waals surface area contributed by atoms with E-state index in [9.17, 15) is 9.90 Å². The maximum atomic E-state index is 12.8. The Hall–Kier alpha value is -2.27. The van der Waals surface area contributed by atoms with E-state index in [2.05, 4.69) is 39.5 Å². The molecule has 0 bridgehead atoms. The van der Waals surface area contributed by atoms with Crippen LogP contribution in [0.25, 0.3) is 0 Å². The average Bonchev–Trinajstić information content (AvgIpc) is 3.40. The number of amides is 1. The second kappa shape index (κ2) is 6.96. The number of anilines is 1. The number of phenolic OH excluding ortho intramolecular Hbond substituents is 1. The van der Waals surface area contributed by atoms with Crippen molar-refractivity contribution in [2.24, 2.45) is 5.92 Å². The molecule has 0 saturated carbocycles. The van der Waals surface area contributed by atoms with E-state index in [-0.39, 0.29) is 17.9 Å². The number of hydrogen-bond acceptors (Lipinski definition) is 3. The van der Waals surface area contributed by atoms with Crippen LogP contribution in [0, 0.1) is 5.92 Å². The Morgan fingerprint density at radius 1 is 1.11 bits per heavy atom. The van der Waals surface area contributed by atoms with E-state index < -0.39 is 0 Å². The molecule has 28 heavy (non-hydrogen) atoms. The van der Waals surface area contributed by atoms with Crippen LogP contribution in [-0.4, -0.2) is 29.0 Å². The fourth-order valence-electron chi connectivity index (χ4n) is 4.91. The molecular formula is C23H23BrN2O2. The van der Waals surface area contributed by atoms with Crippen molar-refractivity contribution < 1.29 is 9.90 Å². The minimum Gasteiger partial charge on any atom is -0.508 e. The molecule has 4 nitrogen and oxygen atoms in total. The van der Waals surface area contributed by atoms with Gasteiger partial charge in [-0.3, -0.25) is 4.79 Å². The van der Waals surface area contributed by atoms with E-state index >= 15 is 0 Å². The topological polar surface area (TPSA) is 52.6 Å². The molecule has 2 heterocycles. The predicted octanol–water partition coefficient (Wildman–Crippen LogP) is 5.22. The lowest BCUT2D eigenvalue weighted by Crippen LogP contribution is -2.31. The van der Waals surface area contributed by atoms with E-state index in [0.717, 1.165) is 53.6 Å². The number of rotatable bonds is 2. The second-order valence-electron chi connectivity index (χ2n) is 7.98. The number of allylic oxidation sites excluding steroid dienone is 2. The number of benzene rings is 2. The minimum atomic E-state index is 0.0325. The molecule has 2 N–H and O–H groups in total. The maximum absolute atomic E-state index is 12.8. The number of hydrogen-bond donors (Lipinski definition) is 2. The first-order valence-electron chi connectivity index (χ1n) is 9.96. The van der Waals surface area contributed by atoms with Crippen LogP contribution in [0.2, 0.25) is 0 Å². The first-order chi connectivity index (χ1) is 13.6. The molecule has 1 aliphatic carbocycles. The van der Waals surface area contributed by atoms with Gasteiger partial charge in [0, 0.05) is 40.3 Å². The van der Waals surface area contributed by atoms with E-state index in [1.807, 2.05) is 29.2 Å². The normalized spacial score (nSPS) is 25.3. The molecule has 2 aromatic rings. The number of carbonyl (C=O) groups is 1. The first-order valence-corrected chi connectivity index (χ1v) is 10.8. The van der Waals surface area contributed by atoms with Gasteiger partial charge in [0.1, 0.15) is 5.75 Å². The van der Waals surface area contributed by atoms with Crippen LogP contribution in [0.3, 0.4) is 0 Å². The minimum absolute atomic E-state index is 0.0325. The number of aromatic hydroxyl groups is 1. The molecule has 3 atom stereocenters. The molecule has 0 radical (unpaired) electrons. The Balaban J connectivity index is 1.52. The van der Waals surface area contributed by atoms with E-state index in [4.69, 9.17) is 0 Å². The third-order valence-corrected chi connectivity index (χ3v) is 6.82. The van der Waals surface area contributed by atoms with Crippen molar-refractivity contribution in [3.05, 3.63) is 69.7 Å². The molecule has 2 aliphatic heterocycles. The Bertz CT molecular complexity index is 965. The summed E-state index contributed by atoms with van der Waals surface area (Å²) in [5.41, 5.74) is 3.94. The van der Waals surface area contributed by atoms with Crippen molar-refractivity contribution >= 4 is 27.5 Å². The molecule has 3 aliphatic rings. The van der Waals surface area contributed by atoms with Crippen LogP contribution in [0.15, 0.2) is 53.0 Å². The Labute approximate surface area is 173 Å². The van der Waals surface area contributed by atoms with Gasteiger partial charge in [0.2, 0.25) is 0 Å². The highest BCUT2D eigenvalue weighted by Crippen LogP contribution is 2.51. The zero-order valence-electron chi connectivity index (χ0n) is 15.6. The SMILES string of the molecule is O=C(c1ccc2c(c1)C1C=CCC1C(c1cc(Br)ccc1O)N2)N1CCCC1. The molecule has 0 aromatic heterocycles. The molecule has 0 spiro atoms. The average molecular weight is 439 g/mol. The lowest BCUT2D eigenvalue weighted by molar-refractivity contribution is 0.0792. The van der Waals surface area contributed by atoms with E-state index in [1.54, 1.807) is 6.07 Å². The van der Waals surface area contributed by atoms with Gasteiger partial charge in [-0.15, -0.1) is 0 Å². The largest absolute Gasteiger partial charge is 0.508 e. The number of fused-ring (bicyclic) bond motifs is 3. The standard InChI is InChI=1S/C23H23BrN2O2/c24-15-7-9-21(27)19(13-15)22-17-5-3-4-16(17)18-12-14(6-8-20(18)25-22)23(28)26-10-1-2-11-26/h3-4,6-9,12-13,16-17,22,25,27H,1-2,5,10-11H2. The second-order valence-corrected chi connectivity index (χ2v) is 8.90. The van der Waals surface area contributed by atoms with Gasteiger partial charge in [-0.05, 0) is 67.1 Å². The number of halogens is 1. The van der Waals surface area contributed by atoms with Crippen LogP contribution < -0.4 is 5.32 Å². The monoisotopic (exact) mass is 438 g/mol. The number of likely N-dealkylation sites (tertiary alicyclic amines) is 1. The number of phenols is 1. The summed E-state index contributed by atoms with van der Waals surface area (Å²) in [5.74, 6) is 1.04. The third kappa shape index (κ3) is 2.93. The highest BCUT2D eigenvalue weighted by molar-refractivity contribution is 9.10. The van der Waals surface area contributed by atoms with Crippen LogP contribution in [0.5, 0.6) is 5.75 Å². The molecule has 2 aromatic carbocycles. The number of carbonyl (C=O) groups excluding carboxylic acids is 1. The highest BCUT2D eigenvalue weighted by atomic mass is 79.9. The van der Waals surface area contributed by atoms with Gasteiger partial charge in [0.25, 0.3) is 5.91 Å². The van der Waals surface area contributed by atoms with E-state index in [1.165, 1.54) is 5.56 Å². The zero-order chi connectivity index (χ0) is 19.3. The quantitative estimate of drug-likeness (QED) is 0.632. The van der Waals surface area contributed by atoms with Crippen molar-refractivity contribution in [1.29, 1.82) is 0 Å². The molecule has 144 valence electrons. The summed E-state index contributed by atoms with van der Waals surface area (Å²) in [6.07, 6.45) is 7.64. The molecule has 1 fully saturated rings. The lowest BCUT2D eigenvalue weighted by Gasteiger charge is -2.38. The summed E-state index contributed by atoms with van der Waals surface area (Å²) in [6, 6.07) is 11.7. The molecule has 3 unspecified atom stereocenters. The van der Waals surface area contributed by atoms with Gasteiger partial charge >= 0.3 is 0 Å². The lowest BCUT2D eigenvalue weighted by atomic mass is 9.76. The van der Waals surface area contributed by atoms with Gasteiger partial charge in [0.15, 0.2) is 0 Å². The Morgan fingerprint density at radius 3 is 2.75 bits per heavy atom. The fraction of sp³-hybridized carbons (Fsp3) is 0.348. The Morgan fingerprint density at radius 2 is 1.93 bits per heavy atom. The summed E-state index contributed by atoms with van der Waals surface area (Å²) < 4.78 is 0.960.